The van der Waals surface area contributed by atoms with Gasteiger partial charge in [0.05, 0.1) is 5.69 Å². The third kappa shape index (κ3) is 3.13. The topological polar surface area (TPSA) is 3.24 Å². The lowest BCUT2D eigenvalue weighted by atomic mass is 10.0. The molecule has 1 heterocycles. The Hall–Kier alpha value is -3.14. The van der Waals surface area contributed by atoms with E-state index in [1.807, 2.05) is 11.3 Å². The Morgan fingerprint density at radius 1 is 0.548 bits per heavy atom. The summed E-state index contributed by atoms with van der Waals surface area (Å²) in [7, 11) is 0. The van der Waals surface area contributed by atoms with Gasteiger partial charge in [-0.25, -0.2) is 0 Å². The fourth-order valence-electron chi connectivity index (χ4n) is 4.36. The third-order valence-electron chi connectivity index (χ3n) is 5.69. The van der Waals surface area contributed by atoms with Gasteiger partial charge < -0.3 is 4.90 Å². The highest BCUT2D eigenvalue weighted by atomic mass is 79.9. The second-order valence-electron chi connectivity index (χ2n) is 7.56. The van der Waals surface area contributed by atoms with Crippen LogP contribution in [-0.4, -0.2) is 0 Å². The average molecular weight is 480 g/mol. The van der Waals surface area contributed by atoms with E-state index in [1.54, 1.807) is 0 Å². The lowest BCUT2D eigenvalue weighted by Crippen LogP contribution is -2.10. The maximum atomic E-state index is 3.66. The summed E-state index contributed by atoms with van der Waals surface area (Å²) in [5, 5.41) is 5.18. The van der Waals surface area contributed by atoms with Crippen molar-refractivity contribution in [1.29, 1.82) is 0 Å². The lowest BCUT2D eigenvalue weighted by Gasteiger charge is -2.27. The molecule has 0 saturated heterocycles. The van der Waals surface area contributed by atoms with Gasteiger partial charge in [0, 0.05) is 41.4 Å². The molecule has 6 aromatic rings. The van der Waals surface area contributed by atoms with E-state index in [0.29, 0.717) is 0 Å². The summed E-state index contributed by atoms with van der Waals surface area (Å²) in [6, 6.07) is 38.9. The van der Waals surface area contributed by atoms with Crippen molar-refractivity contribution in [1.82, 2.24) is 0 Å². The van der Waals surface area contributed by atoms with E-state index < -0.39 is 0 Å². The number of fused-ring (bicyclic) bond motifs is 5. The lowest BCUT2D eigenvalue weighted by molar-refractivity contribution is 1.30. The molecular formula is C28H18BrNS. The van der Waals surface area contributed by atoms with E-state index in [2.05, 4.69) is 130 Å². The Balaban J connectivity index is 1.74. The maximum absolute atomic E-state index is 3.66. The zero-order valence-electron chi connectivity index (χ0n) is 16.6. The number of halogens is 1. The summed E-state index contributed by atoms with van der Waals surface area (Å²) in [6.45, 7) is 0. The molecule has 148 valence electrons. The first-order valence-corrected chi connectivity index (χ1v) is 11.8. The molecule has 0 bridgehead atoms. The van der Waals surface area contributed by atoms with Crippen molar-refractivity contribution in [2.24, 2.45) is 0 Å². The van der Waals surface area contributed by atoms with Crippen LogP contribution in [0, 0.1) is 0 Å². The Morgan fingerprint density at radius 2 is 1.16 bits per heavy atom. The normalized spacial score (nSPS) is 11.4. The molecule has 0 spiro atoms. The van der Waals surface area contributed by atoms with E-state index in [-0.39, 0.29) is 0 Å². The minimum atomic E-state index is 1.11. The molecule has 0 aliphatic carbocycles. The molecule has 0 saturated carbocycles. The SMILES string of the molecule is Brc1ccc2sc3cc(N(c4ccccc4)c4ccccc4)c4ccccc4c3c2c1. The molecule has 6 rings (SSSR count). The first-order chi connectivity index (χ1) is 15.3. The molecule has 31 heavy (non-hydrogen) atoms. The van der Waals surface area contributed by atoms with Crippen LogP contribution in [0.15, 0.2) is 114 Å². The number of benzene rings is 5. The highest BCUT2D eigenvalue weighted by Crippen LogP contribution is 2.46. The van der Waals surface area contributed by atoms with Gasteiger partial charge in [-0.1, -0.05) is 76.6 Å². The summed E-state index contributed by atoms with van der Waals surface area (Å²) >= 11 is 5.52. The zero-order chi connectivity index (χ0) is 20.8. The van der Waals surface area contributed by atoms with Crippen LogP contribution in [0.5, 0.6) is 0 Å². The Bertz CT molecular complexity index is 1500. The highest BCUT2D eigenvalue weighted by molar-refractivity contribution is 9.10. The Labute approximate surface area is 193 Å². The quantitative estimate of drug-likeness (QED) is 0.244. The van der Waals surface area contributed by atoms with Crippen molar-refractivity contribution < 1.29 is 0 Å². The van der Waals surface area contributed by atoms with Crippen molar-refractivity contribution in [2.45, 2.75) is 0 Å². The number of hydrogen-bond donors (Lipinski definition) is 0. The molecule has 0 fully saturated rings. The van der Waals surface area contributed by atoms with Gasteiger partial charge >= 0.3 is 0 Å². The van der Waals surface area contributed by atoms with E-state index in [1.165, 1.54) is 36.6 Å². The van der Waals surface area contributed by atoms with Gasteiger partial charge in [0.15, 0.2) is 0 Å². The first-order valence-electron chi connectivity index (χ1n) is 10.2. The number of nitrogens with zero attached hydrogens (tertiary/aromatic N) is 1. The van der Waals surface area contributed by atoms with Gasteiger partial charge in [-0.2, -0.15) is 0 Å². The van der Waals surface area contributed by atoms with Crippen LogP contribution in [-0.2, 0) is 0 Å². The first kappa shape index (κ1) is 18.6. The van der Waals surface area contributed by atoms with Crippen LogP contribution in [0.3, 0.4) is 0 Å². The number of rotatable bonds is 3. The summed E-state index contributed by atoms with van der Waals surface area (Å²) in [5.41, 5.74) is 3.51. The van der Waals surface area contributed by atoms with Gasteiger partial charge in [0.25, 0.3) is 0 Å². The highest BCUT2D eigenvalue weighted by Gasteiger charge is 2.18. The summed E-state index contributed by atoms with van der Waals surface area (Å²) in [5.74, 6) is 0. The monoisotopic (exact) mass is 479 g/mol. The maximum Gasteiger partial charge on any atom is 0.0554 e. The number of hydrogen-bond acceptors (Lipinski definition) is 2. The van der Waals surface area contributed by atoms with E-state index in [4.69, 9.17) is 0 Å². The van der Waals surface area contributed by atoms with Gasteiger partial charge in [0.2, 0.25) is 0 Å². The second kappa shape index (κ2) is 7.52. The van der Waals surface area contributed by atoms with E-state index in [0.717, 1.165) is 15.8 Å². The predicted octanol–water partition coefficient (Wildman–Crippen LogP) is 9.44. The van der Waals surface area contributed by atoms with Gasteiger partial charge in [-0.3, -0.25) is 0 Å². The molecule has 0 N–H and O–H groups in total. The van der Waals surface area contributed by atoms with Crippen LogP contribution < -0.4 is 4.90 Å². The molecule has 1 aromatic heterocycles. The van der Waals surface area contributed by atoms with Crippen LogP contribution in [0.2, 0.25) is 0 Å². The van der Waals surface area contributed by atoms with E-state index in [9.17, 15) is 0 Å². The van der Waals surface area contributed by atoms with Crippen molar-refractivity contribution in [2.75, 3.05) is 4.90 Å². The average Bonchev–Trinajstić information content (AvgIpc) is 3.18. The Morgan fingerprint density at radius 3 is 1.84 bits per heavy atom. The second-order valence-corrected chi connectivity index (χ2v) is 9.56. The molecule has 5 aromatic carbocycles. The van der Waals surface area contributed by atoms with Crippen LogP contribution in [0.4, 0.5) is 17.1 Å². The molecule has 0 amide bonds. The van der Waals surface area contributed by atoms with Gasteiger partial charge in [0.1, 0.15) is 0 Å². The largest absolute Gasteiger partial charge is 0.310 e. The molecule has 0 atom stereocenters. The van der Waals surface area contributed by atoms with Gasteiger partial charge in [-0.05, 0) is 53.9 Å². The smallest absolute Gasteiger partial charge is 0.0554 e. The molecule has 0 unspecified atom stereocenters. The number of thiophene rings is 1. The van der Waals surface area contributed by atoms with E-state index >= 15 is 0 Å². The summed E-state index contributed by atoms with van der Waals surface area (Å²) < 4.78 is 3.73. The van der Waals surface area contributed by atoms with Crippen LogP contribution in [0.25, 0.3) is 30.9 Å². The Kier molecular flexibility index (Phi) is 4.52. The van der Waals surface area contributed by atoms with Crippen LogP contribution in [0.1, 0.15) is 0 Å². The van der Waals surface area contributed by atoms with Gasteiger partial charge in [-0.15, -0.1) is 11.3 Å². The minimum absolute atomic E-state index is 1.11. The zero-order valence-corrected chi connectivity index (χ0v) is 19.0. The van der Waals surface area contributed by atoms with Crippen molar-refractivity contribution in [3.8, 4) is 0 Å². The number of anilines is 3. The minimum Gasteiger partial charge on any atom is -0.310 e. The van der Waals surface area contributed by atoms with Crippen molar-refractivity contribution in [3.05, 3.63) is 114 Å². The number of para-hydroxylation sites is 2. The van der Waals surface area contributed by atoms with Crippen molar-refractivity contribution >= 4 is 75.3 Å². The van der Waals surface area contributed by atoms with Crippen molar-refractivity contribution in [3.63, 3.8) is 0 Å². The molecule has 0 radical (unpaired) electrons. The fourth-order valence-corrected chi connectivity index (χ4v) is 5.86. The third-order valence-corrected chi connectivity index (χ3v) is 7.30. The predicted molar refractivity (Wildman–Crippen MR) is 139 cm³/mol. The molecule has 3 heteroatoms. The van der Waals surface area contributed by atoms with Crippen LogP contribution >= 0.6 is 27.3 Å². The summed E-state index contributed by atoms with van der Waals surface area (Å²) in [6.07, 6.45) is 0. The summed E-state index contributed by atoms with van der Waals surface area (Å²) in [4.78, 5) is 2.36. The fraction of sp³-hybridized carbons (Fsp3) is 0. The molecular weight excluding hydrogens is 462 g/mol. The molecule has 0 aliphatic heterocycles. The molecule has 0 aliphatic rings. The standard InChI is InChI=1S/C28H18BrNS/c29-19-15-16-26-24(17-19)28-23-14-8-7-13-22(23)25(18-27(28)31-26)30(20-9-3-1-4-10-20)21-11-5-2-6-12-21/h1-18H. The molecule has 1 nitrogen and oxygen atoms in total.